The van der Waals surface area contributed by atoms with E-state index in [0.29, 0.717) is 17.0 Å². The van der Waals surface area contributed by atoms with Crippen molar-refractivity contribution in [1.29, 1.82) is 0 Å². The van der Waals surface area contributed by atoms with E-state index in [4.69, 9.17) is 11.6 Å². The van der Waals surface area contributed by atoms with Crippen LogP contribution in [0.5, 0.6) is 5.75 Å². The molecule has 0 radical (unpaired) electrons. The number of phenols is 1. The molecule has 0 aliphatic rings. The van der Waals surface area contributed by atoms with E-state index >= 15 is 0 Å². The fraction of sp³-hybridized carbons (Fsp3) is 0.235. The SMILES string of the molecule is O=C(Cc1ccc(O)cc1Cl)N[C@@H](CO)Cc1ccccc1. The predicted molar refractivity (Wildman–Crippen MR) is 86.0 cm³/mol. The average Bonchev–Trinajstić information content (AvgIpc) is 2.50. The molecule has 0 unspecified atom stereocenters. The standard InChI is InChI=1S/C17H18ClNO3/c18-16-10-15(21)7-6-13(16)9-17(22)19-14(11-20)8-12-4-2-1-3-5-12/h1-7,10,14,20-21H,8-9,11H2,(H,19,22)/t14-/m1/s1. The Labute approximate surface area is 134 Å². The molecule has 2 aromatic rings. The highest BCUT2D eigenvalue weighted by molar-refractivity contribution is 6.31. The van der Waals surface area contributed by atoms with Gasteiger partial charge in [0, 0.05) is 5.02 Å². The first-order valence-electron chi connectivity index (χ1n) is 7.00. The van der Waals surface area contributed by atoms with Crippen LogP contribution in [0.4, 0.5) is 0 Å². The van der Waals surface area contributed by atoms with Crippen LogP contribution in [-0.2, 0) is 17.6 Å². The van der Waals surface area contributed by atoms with E-state index in [1.54, 1.807) is 6.07 Å². The lowest BCUT2D eigenvalue weighted by atomic mass is 10.1. The van der Waals surface area contributed by atoms with E-state index in [0.717, 1.165) is 5.56 Å². The molecule has 0 saturated heterocycles. The van der Waals surface area contributed by atoms with Crippen molar-refractivity contribution in [2.45, 2.75) is 18.9 Å². The third-order valence-electron chi connectivity index (χ3n) is 3.30. The molecule has 0 heterocycles. The maximum atomic E-state index is 12.1. The molecule has 0 saturated carbocycles. The first-order chi connectivity index (χ1) is 10.6. The maximum Gasteiger partial charge on any atom is 0.224 e. The van der Waals surface area contributed by atoms with E-state index in [1.807, 2.05) is 30.3 Å². The number of aliphatic hydroxyl groups excluding tert-OH is 1. The van der Waals surface area contributed by atoms with Gasteiger partial charge in [-0.2, -0.15) is 0 Å². The fourth-order valence-corrected chi connectivity index (χ4v) is 2.43. The molecule has 0 aliphatic heterocycles. The zero-order valence-corrected chi connectivity index (χ0v) is 12.8. The minimum Gasteiger partial charge on any atom is -0.508 e. The topological polar surface area (TPSA) is 69.6 Å². The lowest BCUT2D eigenvalue weighted by Gasteiger charge is -2.16. The van der Waals surface area contributed by atoms with Crippen LogP contribution in [0.2, 0.25) is 5.02 Å². The number of carbonyl (C=O) groups is 1. The second-order valence-corrected chi connectivity index (χ2v) is 5.50. The van der Waals surface area contributed by atoms with Crippen molar-refractivity contribution in [1.82, 2.24) is 5.32 Å². The summed E-state index contributed by atoms with van der Waals surface area (Å²) in [4.78, 5) is 12.1. The van der Waals surface area contributed by atoms with E-state index in [9.17, 15) is 15.0 Å². The van der Waals surface area contributed by atoms with Gasteiger partial charge in [0.05, 0.1) is 19.1 Å². The van der Waals surface area contributed by atoms with Crippen molar-refractivity contribution in [3.63, 3.8) is 0 Å². The molecular weight excluding hydrogens is 302 g/mol. The highest BCUT2D eigenvalue weighted by Crippen LogP contribution is 2.21. The van der Waals surface area contributed by atoms with Crippen molar-refractivity contribution in [3.8, 4) is 5.75 Å². The number of hydrogen-bond acceptors (Lipinski definition) is 3. The number of aromatic hydroxyl groups is 1. The first kappa shape index (κ1) is 16.3. The van der Waals surface area contributed by atoms with E-state index in [-0.39, 0.29) is 30.7 Å². The number of amides is 1. The Morgan fingerprint density at radius 1 is 1.18 bits per heavy atom. The molecular formula is C17H18ClNO3. The van der Waals surface area contributed by atoms with Gasteiger partial charge in [-0.25, -0.2) is 0 Å². The minimum atomic E-state index is -0.342. The van der Waals surface area contributed by atoms with Crippen molar-refractivity contribution in [3.05, 3.63) is 64.7 Å². The number of rotatable bonds is 6. The van der Waals surface area contributed by atoms with Gasteiger partial charge in [0.1, 0.15) is 5.75 Å². The largest absolute Gasteiger partial charge is 0.508 e. The summed E-state index contributed by atoms with van der Waals surface area (Å²) >= 11 is 5.98. The van der Waals surface area contributed by atoms with Gasteiger partial charge in [-0.05, 0) is 29.7 Å². The van der Waals surface area contributed by atoms with E-state index in [1.165, 1.54) is 12.1 Å². The first-order valence-corrected chi connectivity index (χ1v) is 7.38. The van der Waals surface area contributed by atoms with Crippen LogP contribution in [0.3, 0.4) is 0 Å². The molecule has 4 nitrogen and oxygen atoms in total. The summed E-state index contributed by atoms with van der Waals surface area (Å²) in [5.74, 6) is -0.158. The van der Waals surface area contributed by atoms with Gasteiger partial charge in [-0.1, -0.05) is 48.0 Å². The molecule has 3 N–H and O–H groups in total. The molecule has 1 atom stereocenters. The quantitative estimate of drug-likeness (QED) is 0.765. The number of halogens is 1. The highest BCUT2D eigenvalue weighted by atomic mass is 35.5. The average molecular weight is 320 g/mol. The molecule has 1 amide bonds. The monoisotopic (exact) mass is 319 g/mol. The van der Waals surface area contributed by atoms with Gasteiger partial charge in [-0.15, -0.1) is 0 Å². The van der Waals surface area contributed by atoms with Crippen molar-refractivity contribution < 1.29 is 15.0 Å². The summed E-state index contributed by atoms with van der Waals surface area (Å²) in [6.07, 6.45) is 0.663. The Morgan fingerprint density at radius 2 is 1.91 bits per heavy atom. The second-order valence-electron chi connectivity index (χ2n) is 5.09. The summed E-state index contributed by atoms with van der Waals surface area (Å²) in [5, 5.41) is 21.9. The number of aliphatic hydroxyl groups is 1. The summed E-state index contributed by atoms with van der Waals surface area (Å²) in [5.41, 5.74) is 1.68. The summed E-state index contributed by atoms with van der Waals surface area (Å²) < 4.78 is 0. The minimum absolute atomic E-state index is 0.0615. The summed E-state index contributed by atoms with van der Waals surface area (Å²) in [6.45, 7) is -0.135. The molecule has 0 aliphatic carbocycles. The Hall–Kier alpha value is -2.04. The number of nitrogens with one attached hydrogen (secondary N) is 1. The number of hydrogen-bond donors (Lipinski definition) is 3. The van der Waals surface area contributed by atoms with Gasteiger partial charge in [0.15, 0.2) is 0 Å². The molecule has 116 valence electrons. The normalized spacial score (nSPS) is 11.9. The van der Waals surface area contributed by atoms with E-state index in [2.05, 4.69) is 5.32 Å². The molecule has 0 bridgehead atoms. The summed E-state index contributed by atoms with van der Waals surface area (Å²) in [6, 6.07) is 13.8. The zero-order valence-electron chi connectivity index (χ0n) is 12.0. The molecule has 2 aromatic carbocycles. The highest BCUT2D eigenvalue weighted by Gasteiger charge is 2.14. The Balaban J connectivity index is 1.94. The smallest absolute Gasteiger partial charge is 0.224 e. The third-order valence-corrected chi connectivity index (χ3v) is 3.65. The van der Waals surface area contributed by atoms with Crippen molar-refractivity contribution in [2.75, 3.05) is 6.61 Å². The van der Waals surface area contributed by atoms with Crippen LogP contribution in [-0.4, -0.2) is 28.8 Å². The van der Waals surface area contributed by atoms with Crippen LogP contribution >= 0.6 is 11.6 Å². The van der Waals surface area contributed by atoms with Crippen molar-refractivity contribution >= 4 is 17.5 Å². The lowest BCUT2D eigenvalue weighted by Crippen LogP contribution is -2.39. The zero-order chi connectivity index (χ0) is 15.9. The van der Waals surface area contributed by atoms with Gasteiger partial charge < -0.3 is 15.5 Å². The Morgan fingerprint density at radius 3 is 2.55 bits per heavy atom. The van der Waals surface area contributed by atoms with Crippen LogP contribution in [0.15, 0.2) is 48.5 Å². The van der Waals surface area contributed by atoms with Gasteiger partial charge in [-0.3, -0.25) is 4.79 Å². The molecule has 0 fully saturated rings. The van der Waals surface area contributed by atoms with Crippen LogP contribution < -0.4 is 5.32 Å². The molecule has 0 spiro atoms. The van der Waals surface area contributed by atoms with Crippen LogP contribution in [0.1, 0.15) is 11.1 Å². The number of benzene rings is 2. The maximum absolute atomic E-state index is 12.1. The molecule has 2 rings (SSSR count). The molecule has 0 aromatic heterocycles. The number of phenolic OH excluding ortho intramolecular Hbond substituents is 1. The number of carbonyl (C=O) groups excluding carboxylic acids is 1. The van der Waals surface area contributed by atoms with E-state index < -0.39 is 0 Å². The predicted octanol–water partition coefficient (Wildman–Crippen LogP) is 2.31. The van der Waals surface area contributed by atoms with Crippen molar-refractivity contribution in [2.24, 2.45) is 0 Å². The third kappa shape index (κ3) is 4.76. The van der Waals surface area contributed by atoms with Gasteiger partial charge in [0.2, 0.25) is 5.91 Å². The Kier molecular flexibility index (Phi) is 5.81. The van der Waals surface area contributed by atoms with Gasteiger partial charge >= 0.3 is 0 Å². The van der Waals surface area contributed by atoms with Crippen LogP contribution in [0, 0.1) is 0 Å². The van der Waals surface area contributed by atoms with Crippen LogP contribution in [0.25, 0.3) is 0 Å². The lowest BCUT2D eigenvalue weighted by molar-refractivity contribution is -0.121. The molecule has 22 heavy (non-hydrogen) atoms. The Bertz CT molecular complexity index is 631. The van der Waals surface area contributed by atoms with Gasteiger partial charge in [0.25, 0.3) is 0 Å². The summed E-state index contributed by atoms with van der Waals surface area (Å²) in [7, 11) is 0. The molecule has 5 heteroatoms. The fourth-order valence-electron chi connectivity index (χ4n) is 2.19. The second kappa shape index (κ2) is 7.82.